The first-order valence-electron chi connectivity index (χ1n) is 8.73. The van der Waals surface area contributed by atoms with Gasteiger partial charge in [-0.15, -0.1) is 6.58 Å². The summed E-state index contributed by atoms with van der Waals surface area (Å²) in [5.41, 5.74) is 5.42. The fraction of sp³-hybridized carbons (Fsp3) is 0.389. The van der Waals surface area contributed by atoms with Gasteiger partial charge in [0.2, 0.25) is 15.9 Å². The summed E-state index contributed by atoms with van der Waals surface area (Å²) in [5.74, 6) is -1.85. The molecule has 0 unspecified atom stereocenters. The highest BCUT2D eigenvalue weighted by Crippen LogP contribution is 2.17. The SMILES string of the molecule is C=CCNS(=O)(=O)c1ccc(C(=O)OCC(=O)N2CCCC[C@H]2C(N)=O)cc1. The van der Waals surface area contributed by atoms with Crippen molar-refractivity contribution in [3.05, 3.63) is 42.5 Å². The van der Waals surface area contributed by atoms with Gasteiger partial charge < -0.3 is 15.4 Å². The molecule has 0 bridgehead atoms. The average Bonchev–Trinajstić information content (AvgIpc) is 2.70. The van der Waals surface area contributed by atoms with Gasteiger partial charge in [-0.25, -0.2) is 17.9 Å². The molecule has 1 saturated heterocycles. The number of amides is 2. The van der Waals surface area contributed by atoms with Gasteiger partial charge in [-0.05, 0) is 43.5 Å². The molecule has 0 aromatic heterocycles. The molecular formula is C18H23N3O6S. The number of carbonyl (C=O) groups excluding carboxylic acids is 3. The maximum atomic E-state index is 12.3. The van der Waals surface area contributed by atoms with Crippen LogP contribution in [0.2, 0.25) is 0 Å². The lowest BCUT2D eigenvalue weighted by atomic mass is 10.0. The van der Waals surface area contributed by atoms with Crippen molar-refractivity contribution in [2.75, 3.05) is 19.7 Å². The molecule has 28 heavy (non-hydrogen) atoms. The topological polar surface area (TPSA) is 136 Å². The van der Waals surface area contributed by atoms with Crippen molar-refractivity contribution in [1.29, 1.82) is 0 Å². The molecule has 2 amide bonds. The van der Waals surface area contributed by atoms with Gasteiger partial charge in [0.1, 0.15) is 6.04 Å². The summed E-state index contributed by atoms with van der Waals surface area (Å²) in [6.45, 7) is 3.37. The molecule has 0 saturated carbocycles. The van der Waals surface area contributed by atoms with E-state index in [9.17, 15) is 22.8 Å². The van der Waals surface area contributed by atoms with E-state index in [0.717, 1.165) is 12.8 Å². The van der Waals surface area contributed by atoms with E-state index in [1.54, 1.807) is 0 Å². The van der Waals surface area contributed by atoms with Crippen LogP contribution >= 0.6 is 0 Å². The van der Waals surface area contributed by atoms with Gasteiger partial charge >= 0.3 is 5.97 Å². The minimum absolute atomic E-state index is 0.0143. The van der Waals surface area contributed by atoms with Crippen molar-refractivity contribution in [2.24, 2.45) is 5.73 Å². The van der Waals surface area contributed by atoms with Gasteiger partial charge in [0.05, 0.1) is 10.5 Å². The quantitative estimate of drug-likeness (QED) is 0.464. The monoisotopic (exact) mass is 409 g/mol. The second kappa shape index (κ2) is 9.47. The van der Waals surface area contributed by atoms with Crippen molar-refractivity contribution in [3.63, 3.8) is 0 Å². The van der Waals surface area contributed by atoms with Gasteiger partial charge in [-0.2, -0.15) is 0 Å². The number of nitrogens with two attached hydrogens (primary N) is 1. The molecule has 0 radical (unpaired) electrons. The molecule has 152 valence electrons. The van der Waals surface area contributed by atoms with Crippen LogP contribution in [0.4, 0.5) is 0 Å². The van der Waals surface area contributed by atoms with Crippen LogP contribution in [-0.2, 0) is 24.3 Å². The zero-order valence-electron chi connectivity index (χ0n) is 15.3. The number of nitrogens with one attached hydrogen (secondary N) is 1. The summed E-state index contributed by atoms with van der Waals surface area (Å²) in [4.78, 5) is 37.2. The Balaban J connectivity index is 1.96. The van der Waals surface area contributed by atoms with E-state index in [4.69, 9.17) is 10.5 Å². The molecule has 9 nitrogen and oxygen atoms in total. The zero-order valence-corrected chi connectivity index (χ0v) is 16.1. The number of ether oxygens (including phenoxy) is 1. The van der Waals surface area contributed by atoms with E-state index in [-0.39, 0.29) is 17.0 Å². The summed E-state index contributed by atoms with van der Waals surface area (Å²) < 4.78 is 31.3. The van der Waals surface area contributed by atoms with E-state index >= 15 is 0 Å². The summed E-state index contributed by atoms with van der Waals surface area (Å²) in [7, 11) is -3.70. The molecule has 1 heterocycles. The lowest BCUT2D eigenvalue weighted by molar-refractivity contribution is -0.143. The van der Waals surface area contributed by atoms with Gasteiger partial charge in [0, 0.05) is 13.1 Å². The first-order chi connectivity index (χ1) is 13.3. The number of esters is 1. The van der Waals surface area contributed by atoms with Crippen molar-refractivity contribution < 1.29 is 27.5 Å². The first-order valence-corrected chi connectivity index (χ1v) is 10.2. The van der Waals surface area contributed by atoms with Crippen molar-refractivity contribution in [3.8, 4) is 0 Å². The number of piperidine rings is 1. The van der Waals surface area contributed by atoms with Crippen molar-refractivity contribution >= 4 is 27.8 Å². The lowest BCUT2D eigenvalue weighted by Crippen LogP contribution is -2.51. The smallest absolute Gasteiger partial charge is 0.338 e. The van der Waals surface area contributed by atoms with E-state index in [0.29, 0.717) is 13.0 Å². The first kappa shape index (κ1) is 21.6. The molecular weight excluding hydrogens is 386 g/mol. The third kappa shape index (κ3) is 5.40. The number of benzene rings is 1. The second-order valence-electron chi connectivity index (χ2n) is 6.24. The number of primary amides is 1. The predicted molar refractivity (Wildman–Crippen MR) is 101 cm³/mol. The highest BCUT2D eigenvalue weighted by atomic mass is 32.2. The number of hydrogen-bond acceptors (Lipinski definition) is 6. The molecule has 10 heteroatoms. The highest BCUT2D eigenvalue weighted by Gasteiger charge is 2.31. The van der Waals surface area contributed by atoms with E-state index in [1.165, 1.54) is 35.2 Å². The fourth-order valence-corrected chi connectivity index (χ4v) is 3.84. The molecule has 1 fully saturated rings. The summed E-state index contributed by atoms with van der Waals surface area (Å²) in [5, 5.41) is 0. The largest absolute Gasteiger partial charge is 0.452 e. The minimum atomic E-state index is -3.70. The van der Waals surface area contributed by atoms with Crippen LogP contribution in [0.25, 0.3) is 0 Å². The number of rotatable bonds is 8. The molecule has 0 spiro atoms. The summed E-state index contributed by atoms with van der Waals surface area (Å²) >= 11 is 0. The summed E-state index contributed by atoms with van der Waals surface area (Å²) in [6, 6.07) is 4.42. The van der Waals surface area contributed by atoms with Gasteiger partial charge in [-0.3, -0.25) is 9.59 Å². The third-order valence-electron chi connectivity index (χ3n) is 4.30. The van der Waals surface area contributed by atoms with Crippen LogP contribution < -0.4 is 10.5 Å². The summed E-state index contributed by atoms with van der Waals surface area (Å²) in [6.07, 6.45) is 3.45. The number of nitrogens with zero attached hydrogens (tertiary/aromatic N) is 1. The van der Waals surface area contributed by atoms with E-state index in [1.807, 2.05) is 0 Å². The number of likely N-dealkylation sites (tertiary alicyclic amines) is 1. The average molecular weight is 409 g/mol. The Labute approximate surface area is 163 Å². The second-order valence-corrected chi connectivity index (χ2v) is 8.01. The Morgan fingerprint density at radius 1 is 1.25 bits per heavy atom. The number of hydrogen-bond donors (Lipinski definition) is 2. The van der Waals surface area contributed by atoms with E-state index in [2.05, 4.69) is 11.3 Å². The Bertz CT molecular complexity index is 851. The van der Waals surface area contributed by atoms with Crippen molar-refractivity contribution in [1.82, 2.24) is 9.62 Å². The van der Waals surface area contributed by atoms with Gasteiger partial charge in [0.15, 0.2) is 6.61 Å². The standard InChI is InChI=1S/C18H23N3O6S/c1-2-10-20-28(25,26)14-8-6-13(7-9-14)18(24)27-12-16(22)21-11-4-3-5-15(21)17(19)23/h2,6-9,15,20H,1,3-5,10-12H2,(H2,19,23)/t15-/m0/s1. The molecule has 1 aliphatic rings. The number of carbonyl (C=O) groups is 3. The molecule has 1 aliphatic heterocycles. The minimum Gasteiger partial charge on any atom is -0.452 e. The molecule has 2 rings (SSSR count). The fourth-order valence-electron chi connectivity index (χ4n) is 2.84. The van der Waals surface area contributed by atoms with Crippen LogP contribution in [0.15, 0.2) is 41.8 Å². The maximum Gasteiger partial charge on any atom is 0.338 e. The Morgan fingerprint density at radius 3 is 2.54 bits per heavy atom. The zero-order chi connectivity index (χ0) is 20.7. The van der Waals surface area contributed by atoms with Crippen LogP contribution in [0.5, 0.6) is 0 Å². The molecule has 1 atom stereocenters. The van der Waals surface area contributed by atoms with Crippen molar-refractivity contribution in [2.45, 2.75) is 30.2 Å². The molecule has 1 aromatic rings. The van der Waals surface area contributed by atoms with Crippen LogP contribution in [0.1, 0.15) is 29.6 Å². The Morgan fingerprint density at radius 2 is 1.93 bits per heavy atom. The van der Waals surface area contributed by atoms with Crippen LogP contribution in [0, 0.1) is 0 Å². The third-order valence-corrected chi connectivity index (χ3v) is 5.74. The molecule has 1 aromatic carbocycles. The Kier molecular flexibility index (Phi) is 7.30. The lowest BCUT2D eigenvalue weighted by Gasteiger charge is -2.33. The van der Waals surface area contributed by atoms with Gasteiger partial charge in [0.25, 0.3) is 5.91 Å². The molecule has 0 aliphatic carbocycles. The maximum absolute atomic E-state index is 12.3. The highest BCUT2D eigenvalue weighted by molar-refractivity contribution is 7.89. The Hall–Kier alpha value is -2.72. The van der Waals surface area contributed by atoms with Gasteiger partial charge in [-0.1, -0.05) is 6.08 Å². The van der Waals surface area contributed by atoms with Crippen LogP contribution in [-0.4, -0.2) is 56.8 Å². The molecule has 3 N–H and O–H groups in total. The predicted octanol–water partition coefficient (Wildman–Crippen LogP) is 0.174. The van der Waals surface area contributed by atoms with E-state index < -0.39 is 40.5 Å². The van der Waals surface area contributed by atoms with Crippen LogP contribution in [0.3, 0.4) is 0 Å². The number of sulfonamides is 1. The normalized spacial score (nSPS) is 17.0.